The van der Waals surface area contributed by atoms with E-state index in [1.165, 1.54) is 12.8 Å². The summed E-state index contributed by atoms with van der Waals surface area (Å²) in [6.07, 6.45) is 6.13. The maximum atomic E-state index is 12.0. The zero-order valence-electron chi connectivity index (χ0n) is 18.7. The molecular weight excluding hydrogens is 416 g/mol. The summed E-state index contributed by atoms with van der Waals surface area (Å²) in [5, 5.41) is 4.68. The SMILES string of the molecule is CCCCCCOc1ccc(/C=N/NC(=O)COc2cc(C)c(Cl)c(C)c2)cc1OC. The number of aryl methyl sites for hydroxylation is 2. The van der Waals surface area contributed by atoms with Crippen LogP contribution >= 0.6 is 11.6 Å². The zero-order chi connectivity index (χ0) is 22.6. The van der Waals surface area contributed by atoms with Gasteiger partial charge in [0.1, 0.15) is 5.75 Å². The number of hydrogen-bond donors (Lipinski definition) is 1. The summed E-state index contributed by atoms with van der Waals surface area (Å²) in [5.41, 5.74) is 5.03. The van der Waals surface area contributed by atoms with Crippen LogP contribution in [0.4, 0.5) is 0 Å². The quantitative estimate of drug-likeness (QED) is 0.267. The molecule has 31 heavy (non-hydrogen) atoms. The first-order valence-corrected chi connectivity index (χ1v) is 10.8. The van der Waals surface area contributed by atoms with Crippen LogP contribution in [-0.4, -0.2) is 32.4 Å². The average molecular weight is 447 g/mol. The third kappa shape index (κ3) is 8.13. The topological polar surface area (TPSA) is 69.2 Å². The molecule has 0 fully saturated rings. The van der Waals surface area contributed by atoms with Crippen LogP contribution in [0.15, 0.2) is 35.4 Å². The first-order chi connectivity index (χ1) is 14.9. The Morgan fingerprint density at radius 1 is 1.06 bits per heavy atom. The summed E-state index contributed by atoms with van der Waals surface area (Å²) >= 11 is 6.14. The van der Waals surface area contributed by atoms with Gasteiger partial charge in [-0.15, -0.1) is 0 Å². The van der Waals surface area contributed by atoms with Crippen molar-refractivity contribution in [1.82, 2.24) is 5.43 Å². The number of ether oxygens (including phenoxy) is 3. The summed E-state index contributed by atoms with van der Waals surface area (Å²) in [6.45, 7) is 6.48. The van der Waals surface area contributed by atoms with Crippen LogP contribution in [0.2, 0.25) is 5.02 Å². The molecule has 6 nitrogen and oxygen atoms in total. The summed E-state index contributed by atoms with van der Waals surface area (Å²) in [7, 11) is 1.60. The number of rotatable bonds is 12. The number of unbranched alkanes of at least 4 members (excludes halogenated alkanes) is 3. The van der Waals surface area contributed by atoms with E-state index < -0.39 is 0 Å². The number of nitrogens with one attached hydrogen (secondary N) is 1. The normalized spacial score (nSPS) is 10.9. The molecule has 168 valence electrons. The van der Waals surface area contributed by atoms with E-state index in [9.17, 15) is 4.79 Å². The Morgan fingerprint density at radius 3 is 2.48 bits per heavy atom. The fourth-order valence-electron chi connectivity index (χ4n) is 2.94. The van der Waals surface area contributed by atoms with E-state index in [0.717, 1.165) is 29.5 Å². The van der Waals surface area contributed by atoms with Crippen LogP contribution in [0, 0.1) is 13.8 Å². The molecule has 0 bridgehead atoms. The highest BCUT2D eigenvalue weighted by molar-refractivity contribution is 6.32. The molecule has 0 spiro atoms. The Kier molecular flexibility index (Phi) is 10.2. The minimum Gasteiger partial charge on any atom is -0.493 e. The smallest absolute Gasteiger partial charge is 0.277 e. The molecule has 0 saturated carbocycles. The second-order valence-corrected chi connectivity index (χ2v) is 7.65. The summed E-state index contributed by atoms with van der Waals surface area (Å²) < 4.78 is 16.7. The van der Waals surface area contributed by atoms with Gasteiger partial charge in [-0.25, -0.2) is 5.43 Å². The van der Waals surface area contributed by atoms with Gasteiger partial charge in [0.15, 0.2) is 18.1 Å². The van der Waals surface area contributed by atoms with Gasteiger partial charge in [0.05, 0.1) is 19.9 Å². The monoisotopic (exact) mass is 446 g/mol. The lowest BCUT2D eigenvalue weighted by atomic mass is 10.1. The zero-order valence-corrected chi connectivity index (χ0v) is 19.4. The lowest BCUT2D eigenvalue weighted by molar-refractivity contribution is -0.123. The van der Waals surface area contributed by atoms with E-state index in [4.69, 9.17) is 25.8 Å². The Morgan fingerprint density at radius 2 is 1.81 bits per heavy atom. The second kappa shape index (κ2) is 12.8. The largest absolute Gasteiger partial charge is 0.493 e. The third-order valence-electron chi connectivity index (χ3n) is 4.63. The maximum Gasteiger partial charge on any atom is 0.277 e. The minimum atomic E-state index is -0.361. The van der Waals surface area contributed by atoms with Gasteiger partial charge in [-0.05, 0) is 67.3 Å². The predicted octanol–water partition coefficient (Wildman–Crippen LogP) is 5.45. The lowest BCUT2D eigenvalue weighted by Gasteiger charge is -2.11. The van der Waals surface area contributed by atoms with Gasteiger partial charge in [0.25, 0.3) is 5.91 Å². The molecule has 0 unspecified atom stereocenters. The number of hydrazone groups is 1. The number of halogens is 1. The Hall–Kier alpha value is -2.73. The summed E-state index contributed by atoms with van der Waals surface area (Å²) in [4.78, 5) is 12.0. The molecule has 0 aliphatic carbocycles. The van der Waals surface area contributed by atoms with E-state index in [0.29, 0.717) is 28.9 Å². The van der Waals surface area contributed by atoms with Crippen molar-refractivity contribution in [3.8, 4) is 17.2 Å². The Labute approximate surface area is 189 Å². The van der Waals surface area contributed by atoms with E-state index in [1.54, 1.807) is 25.5 Å². The van der Waals surface area contributed by atoms with Crippen molar-refractivity contribution in [2.45, 2.75) is 46.5 Å². The van der Waals surface area contributed by atoms with E-state index >= 15 is 0 Å². The number of amides is 1. The summed E-state index contributed by atoms with van der Waals surface area (Å²) in [6, 6.07) is 9.11. The molecule has 2 rings (SSSR count). The molecule has 0 atom stereocenters. The summed E-state index contributed by atoms with van der Waals surface area (Å²) in [5.74, 6) is 1.55. The van der Waals surface area contributed by atoms with Crippen LogP contribution in [0.1, 0.15) is 49.3 Å². The van der Waals surface area contributed by atoms with Gasteiger partial charge in [0.2, 0.25) is 0 Å². The number of hydrogen-bond acceptors (Lipinski definition) is 5. The molecule has 2 aromatic rings. The van der Waals surface area contributed by atoms with Crippen molar-refractivity contribution in [2.24, 2.45) is 5.10 Å². The highest BCUT2D eigenvalue weighted by Crippen LogP contribution is 2.28. The first kappa shape index (κ1) is 24.5. The number of carbonyl (C=O) groups excluding carboxylic acids is 1. The van der Waals surface area contributed by atoms with Crippen molar-refractivity contribution in [3.63, 3.8) is 0 Å². The van der Waals surface area contributed by atoms with Crippen LogP contribution in [0.5, 0.6) is 17.2 Å². The average Bonchev–Trinajstić information content (AvgIpc) is 2.76. The molecule has 0 radical (unpaired) electrons. The van der Waals surface area contributed by atoms with Crippen LogP contribution < -0.4 is 19.6 Å². The van der Waals surface area contributed by atoms with Crippen LogP contribution in [-0.2, 0) is 4.79 Å². The number of benzene rings is 2. The maximum absolute atomic E-state index is 12.0. The number of nitrogens with zero attached hydrogens (tertiary/aromatic N) is 1. The third-order valence-corrected chi connectivity index (χ3v) is 5.22. The number of methoxy groups -OCH3 is 1. The Balaban J connectivity index is 1.83. The van der Waals surface area contributed by atoms with Crippen molar-refractivity contribution < 1.29 is 19.0 Å². The standard InChI is InChI=1S/C24H31ClN2O4/c1-5-6-7-8-11-30-21-10-9-19(14-22(21)29-4)15-26-27-23(28)16-31-20-12-17(2)24(25)18(3)13-20/h9-10,12-15H,5-8,11,16H2,1-4H3,(H,27,28)/b26-15+. The highest BCUT2D eigenvalue weighted by Gasteiger charge is 2.07. The van der Waals surface area contributed by atoms with Crippen molar-refractivity contribution in [2.75, 3.05) is 20.3 Å². The number of carbonyl (C=O) groups is 1. The molecule has 0 aromatic heterocycles. The van der Waals surface area contributed by atoms with Crippen LogP contribution in [0.3, 0.4) is 0 Å². The molecule has 1 amide bonds. The van der Waals surface area contributed by atoms with Crippen molar-refractivity contribution in [3.05, 3.63) is 52.0 Å². The molecule has 0 aliphatic rings. The van der Waals surface area contributed by atoms with Gasteiger partial charge in [-0.1, -0.05) is 37.8 Å². The molecule has 0 aliphatic heterocycles. The molecule has 0 heterocycles. The van der Waals surface area contributed by atoms with E-state index in [2.05, 4.69) is 17.5 Å². The molecule has 7 heteroatoms. The lowest BCUT2D eigenvalue weighted by Crippen LogP contribution is -2.24. The molecule has 2 aromatic carbocycles. The molecule has 0 saturated heterocycles. The van der Waals surface area contributed by atoms with Crippen LogP contribution in [0.25, 0.3) is 0 Å². The van der Waals surface area contributed by atoms with E-state index in [-0.39, 0.29) is 12.5 Å². The second-order valence-electron chi connectivity index (χ2n) is 7.27. The van der Waals surface area contributed by atoms with E-state index in [1.807, 2.05) is 32.0 Å². The fourth-order valence-corrected chi connectivity index (χ4v) is 3.05. The first-order valence-electron chi connectivity index (χ1n) is 10.5. The van der Waals surface area contributed by atoms with Crippen molar-refractivity contribution in [1.29, 1.82) is 0 Å². The highest BCUT2D eigenvalue weighted by atomic mass is 35.5. The molecule has 1 N–H and O–H groups in total. The fraction of sp³-hybridized carbons (Fsp3) is 0.417. The predicted molar refractivity (Wildman–Crippen MR) is 125 cm³/mol. The Bertz CT molecular complexity index is 876. The van der Waals surface area contributed by atoms with Gasteiger partial charge >= 0.3 is 0 Å². The van der Waals surface area contributed by atoms with Gasteiger partial charge in [-0.3, -0.25) is 4.79 Å². The van der Waals surface area contributed by atoms with Gasteiger partial charge in [0, 0.05) is 5.02 Å². The van der Waals surface area contributed by atoms with Gasteiger partial charge < -0.3 is 14.2 Å². The van der Waals surface area contributed by atoms with Gasteiger partial charge in [-0.2, -0.15) is 5.10 Å². The minimum absolute atomic E-state index is 0.147. The van der Waals surface area contributed by atoms with Crippen molar-refractivity contribution >= 4 is 23.7 Å². The molecular formula is C24H31ClN2O4.